The number of pyridine rings is 1. The Morgan fingerprint density at radius 1 is 1.31 bits per heavy atom. The summed E-state index contributed by atoms with van der Waals surface area (Å²) < 4.78 is 19.9. The van der Waals surface area contributed by atoms with Gasteiger partial charge in [-0.2, -0.15) is 5.26 Å². The van der Waals surface area contributed by atoms with E-state index in [0.29, 0.717) is 5.69 Å². The van der Waals surface area contributed by atoms with Crippen LogP contribution in [0.3, 0.4) is 0 Å². The number of nitriles is 1. The summed E-state index contributed by atoms with van der Waals surface area (Å²) in [4.78, 5) is 19.6. The molecule has 2 aromatic carbocycles. The minimum absolute atomic E-state index is 0.0719. The Morgan fingerprint density at radius 2 is 2.04 bits per heavy atom. The molecule has 0 aliphatic rings. The fourth-order valence-corrected chi connectivity index (χ4v) is 2.65. The quantitative estimate of drug-likeness (QED) is 0.529. The third kappa shape index (κ3) is 2.97. The summed E-state index contributed by atoms with van der Waals surface area (Å²) in [6.07, 6.45) is 0. The molecule has 0 fully saturated rings. The molecule has 0 amide bonds. The summed E-state index contributed by atoms with van der Waals surface area (Å²) in [5, 5.41) is 9.04. The summed E-state index contributed by atoms with van der Waals surface area (Å²) >= 11 is 0. The highest BCUT2D eigenvalue weighted by Gasteiger charge is 2.26. The zero-order valence-electron chi connectivity index (χ0n) is 13.7. The maximum Gasteiger partial charge on any atom is 0.368 e. The molecule has 3 aromatic rings. The van der Waals surface area contributed by atoms with Crippen LogP contribution in [0.2, 0.25) is 0 Å². The van der Waals surface area contributed by atoms with Gasteiger partial charge in [-0.05, 0) is 12.1 Å². The Balaban J connectivity index is 2.24. The van der Waals surface area contributed by atoms with Crippen molar-refractivity contribution in [2.24, 2.45) is 0 Å². The Hall–Kier alpha value is -3.77. The molecular weight excluding hydrogens is 333 g/mol. The van der Waals surface area contributed by atoms with E-state index < -0.39 is 17.6 Å². The molecule has 0 saturated carbocycles. The zero-order chi connectivity index (χ0) is 18.7. The summed E-state index contributed by atoms with van der Waals surface area (Å²) in [6, 6.07) is 13.4. The van der Waals surface area contributed by atoms with Crippen LogP contribution in [0.5, 0.6) is 5.75 Å². The van der Waals surface area contributed by atoms with Gasteiger partial charge >= 0.3 is 6.04 Å². The monoisotopic (exact) mass is 345 g/mol. The molecule has 1 atom stereocenters. The maximum atomic E-state index is 14.6. The van der Waals surface area contributed by atoms with E-state index in [1.165, 1.54) is 13.2 Å². The molecule has 0 aliphatic carbocycles. The van der Waals surface area contributed by atoms with Gasteiger partial charge in [-0.25, -0.2) is 15.9 Å². The van der Waals surface area contributed by atoms with E-state index >= 15 is 0 Å². The molecule has 26 heavy (non-hydrogen) atoms. The van der Waals surface area contributed by atoms with Crippen LogP contribution in [0.4, 0.5) is 4.39 Å². The van der Waals surface area contributed by atoms with E-state index in [1.54, 1.807) is 12.1 Å². The molecule has 0 bridgehead atoms. The van der Waals surface area contributed by atoms with Gasteiger partial charge in [-0.15, -0.1) is 0 Å². The molecule has 1 heterocycles. The van der Waals surface area contributed by atoms with E-state index in [4.69, 9.17) is 16.6 Å². The van der Waals surface area contributed by atoms with Crippen molar-refractivity contribution in [3.05, 3.63) is 71.3 Å². The van der Waals surface area contributed by atoms with Crippen molar-refractivity contribution in [2.45, 2.75) is 6.04 Å². The van der Waals surface area contributed by atoms with Crippen LogP contribution in [0, 0.1) is 23.7 Å². The number of rotatable bonds is 4. The molecule has 0 saturated heterocycles. The standard InChI is InChI=1S/C20H12FN3O2/c1-23-17(11-22)20(25)13-8-14(21)19-16(9-13)24-15(10-18(19)26-2)12-6-4-3-5-7-12/h3-10,17H,2H3. The summed E-state index contributed by atoms with van der Waals surface area (Å²) in [5.41, 5.74) is 1.51. The number of nitrogens with zero attached hydrogens (tertiary/aromatic N) is 3. The number of ketones is 1. The van der Waals surface area contributed by atoms with Gasteiger partial charge in [-0.1, -0.05) is 30.3 Å². The molecule has 0 radical (unpaired) electrons. The van der Waals surface area contributed by atoms with Crippen LogP contribution in [0.25, 0.3) is 27.0 Å². The summed E-state index contributed by atoms with van der Waals surface area (Å²) in [7, 11) is 1.42. The molecular formula is C20H12FN3O2. The molecule has 0 aliphatic heterocycles. The van der Waals surface area contributed by atoms with Crippen molar-refractivity contribution in [3.63, 3.8) is 0 Å². The highest BCUT2D eigenvalue weighted by molar-refractivity contribution is 6.05. The largest absolute Gasteiger partial charge is 0.496 e. The molecule has 3 rings (SSSR count). The number of hydrogen-bond donors (Lipinski definition) is 0. The number of ether oxygens (including phenoxy) is 1. The van der Waals surface area contributed by atoms with Crippen LogP contribution in [-0.2, 0) is 0 Å². The third-order valence-electron chi connectivity index (χ3n) is 3.90. The predicted molar refractivity (Wildman–Crippen MR) is 94.0 cm³/mol. The molecule has 126 valence electrons. The Kier molecular flexibility index (Phi) is 4.59. The summed E-state index contributed by atoms with van der Waals surface area (Å²) in [6.45, 7) is 6.92. The van der Waals surface area contributed by atoms with Crippen LogP contribution in [-0.4, -0.2) is 23.9 Å². The number of carbonyl (C=O) groups excluding carboxylic acids is 1. The second kappa shape index (κ2) is 7.00. The van der Waals surface area contributed by atoms with E-state index in [1.807, 2.05) is 30.3 Å². The molecule has 5 nitrogen and oxygen atoms in total. The number of hydrogen-bond acceptors (Lipinski definition) is 4. The Morgan fingerprint density at radius 3 is 2.65 bits per heavy atom. The Bertz CT molecular complexity index is 1070. The summed E-state index contributed by atoms with van der Waals surface area (Å²) in [5.74, 6) is -1.17. The smallest absolute Gasteiger partial charge is 0.368 e. The first-order valence-corrected chi connectivity index (χ1v) is 7.63. The van der Waals surface area contributed by atoms with E-state index in [9.17, 15) is 9.18 Å². The molecule has 0 spiro atoms. The molecule has 0 N–H and O–H groups in total. The number of methoxy groups -OCH3 is 1. The minimum atomic E-state index is -1.51. The predicted octanol–water partition coefficient (Wildman–Crippen LogP) is 4.04. The fourth-order valence-electron chi connectivity index (χ4n) is 2.65. The van der Waals surface area contributed by atoms with Gasteiger partial charge in [0.15, 0.2) is 6.07 Å². The fraction of sp³-hybridized carbons (Fsp3) is 0.100. The first kappa shape index (κ1) is 17.1. The lowest BCUT2D eigenvalue weighted by Crippen LogP contribution is -2.15. The average molecular weight is 345 g/mol. The number of aromatic nitrogens is 1. The van der Waals surface area contributed by atoms with Crippen molar-refractivity contribution in [3.8, 4) is 23.1 Å². The lowest BCUT2D eigenvalue weighted by Gasteiger charge is -2.11. The van der Waals surface area contributed by atoms with Crippen molar-refractivity contribution < 1.29 is 13.9 Å². The lowest BCUT2D eigenvalue weighted by molar-refractivity contribution is 0.0991. The number of carbonyl (C=O) groups is 1. The second-order valence-corrected chi connectivity index (χ2v) is 5.45. The number of halogens is 1. The highest BCUT2D eigenvalue weighted by atomic mass is 19.1. The molecule has 1 unspecified atom stereocenters. The number of benzene rings is 2. The van der Waals surface area contributed by atoms with E-state index in [-0.39, 0.29) is 22.2 Å². The SMILES string of the molecule is [C-]#[N+]C(C#N)C(=O)c1cc(F)c2c(OC)cc(-c3ccccc3)nc2c1. The van der Waals surface area contributed by atoms with Crippen molar-refractivity contribution >= 4 is 16.7 Å². The van der Waals surface area contributed by atoms with Gasteiger partial charge < -0.3 is 4.74 Å². The number of Topliss-reactive ketones (excluding diaryl/α,β-unsaturated/α-hetero) is 1. The number of fused-ring (bicyclic) bond motifs is 1. The van der Waals surface area contributed by atoms with Crippen molar-refractivity contribution in [1.29, 1.82) is 5.26 Å². The minimum Gasteiger partial charge on any atom is -0.496 e. The normalized spacial score (nSPS) is 11.4. The first-order chi connectivity index (χ1) is 12.6. The highest BCUT2D eigenvalue weighted by Crippen LogP contribution is 2.32. The maximum absolute atomic E-state index is 14.6. The Labute approximate surface area is 149 Å². The second-order valence-electron chi connectivity index (χ2n) is 5.45. The van der Waals surface area contributed by atoms with Gasteiger partial charge in [0.2, 0.25) is 0 Å². The van der Waals surface area contributed by atoms with Crippen LogP contribution in [0.1, 0.15) is 10.4 Å². The van der Waals surface area contributed by atoms with Gasteiger partial charge in [0.05, 0.1) is 23.7 Å². The first-order valence-electron chi connectivity index (χ1n) is 7.63. The van der Waals surface area contributed by atoms with Crippen LogP contribution in [0.15, 0.2) is 48.5 Å². The van der Waals surface area contributed by atoms with Gasteiger partial charge in [0.25, 0.3) is 5.78 Å². The van der Waals surface area contributed by atoms with Crippen LogP contribution >= 0.6 is 0 Å². The van der Waals surface area contributed by atoms with Gasteiger partial charge in [0, 0.05) is 17.2 Å². The topological polar surface area (TPSA) is 67.3 Å². The third-order valence-corrected chi connectivity index (χ3v) is 3.90. The van der Waals surface area contributed by atoms with Crippen molar-refractivity contribution in [2.75, 3.05) is 7.11 Å². The lowest BCUT2D eigenvalue weighted by atomic mass is 10.0. The molecule has 6 heteroatoms. The van der Waals surface area contributed by atoms with Crippen LogP contribution < -0.4 is 4.74 Å². The van der Waals surface area contributed by atoms with E-state index in [0.717, 1.165) is 11.6 Å². The van der Waals surface area contributed by atoms with Crippen molar-refractivity contribution in [1.82, 2.24) is 4.98 Å². The van der Waals surface area contributed by atoms with E-state index in [2.05, 4.69) is 9.83 Å². The zero-order valence-corrected chi connectivity index (χ0v) is 13.7. The average Bonchev–Trinajstić information content (AvgIpc) is 2.68. The molecule has 1 aromatic heterocycles. The van der Waals surface area contributed by atoms with Gasteiger partial charge in [0.1, 0.15) is 11.6 Å². The van der Waals surface area contributed by atoms with Gasteiger partial charge in [-0.3, -0.25) is 9.64 Å².